The highest BCUT2D eigenvalue weighted by molar-refractivity contribution is 6.30. The number of ether oxygens (including phenoxy) is 1. The fraction of sp³-hybridized carbons (Fsp3) is 0.0714. The van der Waals surface area contributed by atoms with E-state index in [0.717, 1.165) is 18.2 Å². The molecule has 0 N–H and O–H groups in total. The molecule has 0 aromatic heterocycles. The van der Waals surface area contributed by atoms with Gasteiger partial charge in [-0.2, -0.15) is 0 Å². The minimum atomic E-state index is -0.976. The van der Waals surface area contributed by atoms with Gasteiger partial charge in [0.15, 0.2) is 0 Å². The van der Waals surface area contributed by atoms with E-state index in [4.69, 9.17) is 16.3 Å². The van der Waals surface area contributed by atoms with Crippen molar-refractivity contribution >= 4 is 23.3 Å². The number of nitro benzene ring substituents is 1. The predicted molar refractivity (Wildman–Crippen MR) is 73.6 cm³/mol. The average Bonchev–Trinajstić information content (AvgIpc) is 2.45. The molecule has 0 heterocycles. The number of carbonyl (C=O) groups excluding carboxylic acids is 1. The van der Waals surface area contributed by atoms with Crippen LogP contribution in [0, 0.1) is 15.9 Å². The van der Waals surface area contributed by atoms with Crippen LogP contribution in [0.25, 0.3) is 0 Å². The Hall–Kier alpha value is -2.47. The minimum Gasteiger partial charge on any atom is -0.457 e. The van der Waals surface area contributed by atoms with Crippen LogP contribution >= 0.6 is 11.6 Å². The number of carbonyl (C=O) groups is 1. The Morgan fingerprint density at radius 2 is 2.05 bits per heavy atom. The predicted octanol–water partition coefficient (Wildman–Crippen LogP) is 3.74. The second-order valence-electron chi connectivity index (χ2n) is 4.13. The Balaban J connectivity index is 2.13. The summed E-state index contributed by atoms with van der Waals surface area (Å²) in [5, 5.41) is 11.1. The fourth-order valence-electron chi connectivity index (χ4n) is 1.64. The average molecular weight is 310 g/mol. The van der Waals surface area contributed by atoms with E-state index in [2.05, 4.69) is 0 Å². The van der Waals surface area contributed by atoms with Crippen LogP contribution in [0.2, 0.25) is 5.02 Å². The molecule has 0 aliphatic rings. The second-order valence-corrected chi connectivity index (χ2v) is 4.56. The summed E-state index contributed by atoms with van der Waals surface area (Å²) in [5.41, 5.74) is -0.237. The maximum Gasteiger partial charge on any atom is 0.341 e. The highest BCUT2D eigenvalue weighted by Crippen LogP contribution is 2.18. The van der Waals surface area contributed by atoms with Crippen LogP contribution in [0.15, 0.2) is 42.5 Å². The van der Waals surface area contributed by atoms with Gasteiger partial charge in [-0.25, -0.2) is 9.18 Å². The number of nitro groups is 1. The number of non-ortho nitro benzene ring substituents is 1. The Morgan fingerprint density at radius 3 is 2.71 bits per heavy atom. The summed E-state index contributed by atoms with van der Waals surface area (Å²) < 4.78 is 18.5. The SMILES string of the molecule is O=C(OCc1cccc(Cl)c1)c1cc([N+](=O)[O-])ccc1F. The van der Waals surface area contributed by atoms with E-state index in [9.17, 15) is 19.3 Å². The first-order valence-electron chi connectivity index (χ1n) is 5.83. The van der Waals surface area contributed by atoms with E-state index < -0.39 is 22.3 Å². The normalized spacial score (nSPS) is 10.2. The maximum atomic E-state index is 13.5. The van der Waals surface area contributed by atoms with Crippen molar-refractivity contribution in [2.24, 2.45) is 0 Å². The Morgan fingerprint density at radius 1 is 1.29 bits per heavy atom. The number of halogens is 2. The molecule has 5 nitrogen and oxygen atoms in total. The molecule has 0 saturated heterocycles. The van der Waals surface area contributed by atoms with Gasteiger partial charge in [0.2, 0.25) is 0 Å². The van der Waals surface area contributed by atoms with Crippen molar-refractivity contribution in [3.05, 3.63) is 74.5 Å². The molecule has 0 saturated carbocycles. The highest BCUT2D eigenvalue weighted by atomic mass is 35.5. The molecular formula is C14H9ClFNO4. The molecule has 0 spiro atoms. The Labute approximate surface area is 124 Å². The lowest BCUT2D eigenvalue weighted by atomic mass is 10.2. The number of hydrogen-bond acceptors (Lipinski definition) is 4. The monoisotopic (exact) mass is 309 g/mol. The zero-order chi connectivity index (χ0) is 15.4. The van der Waals surface area contributed by atoms with Gasteiger partial charge in [0.1, 0.15) is 18.0 Å². The van der Waals surface area contributed by atoms with E-state index >= 15 is 0 Å². The second kappa shape index (κ2) is 6.32. The van der Waals surface area contributed by atoms with Gasteiger partial charge in [-0.05, 0) is 23.8 Å². The van der Waals surface area contributed by atoms with Gasteiger partial charge < -0.3 is 4.74 Å². The molecule has 0 aliphatic heterocycles. The van der Waals surface area contributed by atoms with Crippen molar-refractivity contribution in [3.8, 4) is 0 Å². The number of hydrogen-bond donors (Lipinski definition) is 0. The number of nitrogens with zero attached hydrogens (tertiary/aromatic N) is 1. The standard InChI is InChI=1S/C14H9ClFNO4/c15-10-3-1-2-9(6-10)8-21-14(18)12-7-11(17(19)20)4-5-13(12)16/h1-7H,8H2. The first-order chi connectivity index (χ1) is 9.97. The Kier molecular flexibility index (Phi) is 4.49. The third-order valence-corrected chi connectivity index (χ3v) is 2.87. The summed E-state index contributed by atoms with van der Waals surface area (Å²) in [6, 6.07) is 9.29. The molecule has 0 atom stereocenters. The smallest absolute Gasteiger partial charge is 0.341 e. The molecule has 7 heteroatoms. The third kappa shape index (κ3) is 3.76. The molecule has 0 aliphatic carbocycles. The zero-order valence-electron chi connectivity index (χ0n) is 10.6. The third-order valence-electron chi connectivity index (χ3n) is 2.64. The Bertz CT molecular complexity index is 705. The molecule has 2 aromatic carbocycles. The van der Waals surface area contributed by atoms with Crippen LogP contribution in [0.5, 0.6) is 0 Å². The molecule has 2 aromatic rings. The lowest BCUT2D eigenvalue weighted by Gasteiger charge is -2.06. The topological polar surface area (TPSA) is 69.4 Å². The van der Waals surface area contributed by atoms with Crippen molar-refractivity contribution in [2.75, 3.05) is 0 Å². The quantitative estimate of drug-likeness (QED) is 0.490. The summed E-state index contributed by atoms with van der Waals surface area (Å²) in [6.07, 6.45) is 0. The van der Waals surface area contributed by atoms with Crippen LogP contribution in [-0.4, -0.2) is 10.9 Å². The summed E-state index contributed by atoms with van der Waals surface area (Å²) in [4.78, 5) is 21.7. The van der Waals surface area contributed by atoms with Crippen LogP contribution < -0.4 is 0 Å². The van der Waals surface area contributed by atoms with Gasteiger partial charge in [-0.1, -0.05) is 23.7 Å². The van der Waals surface area contributed by atoms with Crippen molar-refractivity contribution < 1.29 is 18.8 Å². The summed E-state index contributed by atoms with van der Waals surface area (Å²) in [7, 11) is 0. The van der Waals surface area contributed by atoms with Crippen LogP contribution in [0.3, 0.4) is 0 Å². The molecule has 108 valence electrons. The van der Waals surface area contributed by atoms with E-state index in [1.807, 2.05) is 0 Å². The number of rotatable bonds is 4. The van der Waals surface area contributed by atoms with Crippen molar-refractivity contribution in [2.45, 2.75) is 6.61 Å². The lowest BCUT2D eigenvalue weighted by molar-refractivity contribution is -0.384. The summed E-state index contributed by atoms with van der Waals surface area (Å²) in [5.74, 6) is -1.85. The molecule has 0 radical (unpaired) electrons. The van der Waals surface area contributed by atoms with Crippen molar-refractivity contribution in [1.29, 1.82) is 0 Å². The molecule has 0 unspecified atom stereocenters. The van der Waals surface area contributed by atoms with Gasteiger partial charge in [0.25, 0.3) is 5.69 Å². The minimum absolute atomic E-state index is 0.110. The summed E-state index contributed by atoms with van der Waals surface area (Å²) in [6.45, 7) is -0.110. The number of benzene rings is 2. The largest absolute Gasteiger partial charge is 0.457 e. The van der Waals surface area contributed by atoms with E-state index in [0.29, 0.717) is 10.6 Å². The lowest BCUT2D eigenvalue weighted by Crippen LogP contribution is -2.08. The molecular weight excluding hydrogens is 301 g/mol. The fourth-order valence-corrected chi connectivity index (χ4v) is 1.85. The first-order valence-corrected chi connectivity index (χ1v) is 6.20. The maximum absolute atomic E-state index is 13.5. The molecule has 0 bridgehead atoms. The first kappa shape index (κ1) is 14.9. The number of esters is 1. The molecule has 21 heavy (non-hydrogen) atoms. The zero-order valence-corrected chi connectivity index (χ0v) is 11.3. The van der Waals surface area contributed by atoms with Gasteiger partial charge >= 0.3 is 5.97 Å². The molecule has 0 fully saturated rings. The molecule has 0 amide bonds. The van der Waals surface area contributed by atoms with E-state index in [1.54, 1.807) is 24.3 Å². The van der Waals surface area contributed by atoms with E-state index in [-0.39, 0.29) is 12.3 Å². The van der Waals surface area contributed by atoms with Crippen LogP contribution in [0.4, 0.5) is 10.1 Å². The van der Waals surface area contributed by atoms with Crippen LogP contribution in [0.1, 0.15) is 15.9 Å². The molecule has 2 rings (SSSR count). The van der Waals surface area contributed by atoms with Gasteiger partial charge in [0.05, 0.1) is 4.92 Å². The van der Waals surface area contributed by atoms with Crippen molar-refractivity contribution in [1.82, 2.24) is 0 Å². The highest BCUT2D eigenvalue weighted by Gasteiger charge is 2.18. The van der Waals surface area contributed by atoms with Gasteiger partial charge in [0, 0.05) is 17.2 Å². The van der Waals surface area contributed by atoms with Gasteiger partial charge in [-0.3, -0.25) is 10.1 Å². The summed E-state index contributed by atoms with van der Waals surface area (Å²) >= 11 is 5.78. The van der Waals surface area contributed by atoms with Crippen molar-refractivity contribution in [3.63, 3.8) is 0 Å². The van der Waals surface area contributed by atoms with Gasteiger partial charge in [-0.15, -0.1) is 0 Å². The van der Waals surface area contributed by atoms with E-state index in [1.165, 1.54) is 0 Å². The van der Waals surface area contributed by atoms with Crippen LogP contribution in [-0.2, 0) is 11.3 Å².